The van der Waals surface area contributed by atoms with Gasteiger partial charge in [0.2, 0.25) is 0 Å². The number of fused-ring (bicyclic) bond motifs is 5. The SMILES string of the molecule is CC1(C)OC2C3CC(Oc4cccc([S+]5CCOCC5)c4)C(C3)C2O1. The number of hydrogen-bond donors (Lipinski definition) is 0. The zero-order chi connectivity index (χ0) is 17.0. The maximum atomic E-state index is 6.45. The average Bonchev–Trinajstić information content (AvgIpc) is 3.24. The van der Waals surface area contributed by atoms with Gasteiger partial charge in [-0.2, -0.15) is 0 Å². The van der Waals surface area contributed by atoms with E-state index in [1.165, 1.54) is 11.3 Å². The molecule has 2 aliphatic heterocycles. The van der Waals surface area contributed by atoms with E-state index in [0.29, 0.717) is 22.7 Å². The summed E-state index contributed by atoms with van der Waals surface area (Å²) in [6.45, 7) is 5.82. The molecule has 25 heavy (non-hydrogen) atoms. The summed E-state index contributed by atoms with van der Waals surface area (Å²) in [5.74, 6) is 3.91. The minimum atomic E-state index is -0.439. The van der Waals surface area contributed by atoms with Gasteiger partial charge >= 0.3 is 0 Å². The van der Waals surface area contributed by atoms with E-state index in [1.807, 2.05) is 13.8 Å². The Hall–Kier alpha value is -0.750. The summed E-state index contributed by atoms with van der Waals surface area (Å²) in [5.41, 5.74) is 0. The molecule has 0 aromatic heterocycles. The Kier molecular flexibility index (Phi) is 4.04. The molecule has 0 spiro atoms. The van der Waals surface area contributed by atoms with E-state index in [1.54, 1.807) is 0 Å². The molecule has 2 bridgehead atoms. The van der Waals surface area contributed by atoms with Crippen LogP contribution in [-0.2, 0) is 25.1 Å². The van der Waals surface area contributed by atoms with Gasteiger partial charge in [0.1, 0.15) is 23.4 Å². The van der Waals surface area contributed by atoms with Crippen molar-refractivity contribution >= 4 is 10.9 Å². The quantitative estimate of drug-likeness (QED) is 0.774. The van der Waals surface area contributed by atoms with E-state index in [9.17, 15) is 0 Å². The summed E-state index contributed by atoms with van der Waals surface area (Å²) < 4.78 is 24.2. The fraction of sp³-hybridized carbons (Fsp3) is 0.700. The Balaban J connectivity index is 1.29. The molecule has 0 radical (unpaired) electrons. The van der Waals surface area contributed by atoms with Gasteiger partial charge in [-0.3, -0.25) is 0 Å². The van der Waals surface area contributed by atoms with E-state index in [4.69, 9.17) is 18.9 Å². The van der Waals surface area contributed by atoms with Crippen LogP contribution in [0.2, 0.25) is 0 Å². The van der Waals surface area contributed by atoms with Gasteiger partial charge in [0.15, 0.2) is 10.7 Å². The lowest BCUT2D eigenvalue weighted by Gasteiger charge is -2.29. The van der Waals surface area contributed by atoms with Crippen LogP contribution >= 0.6 is 0 Å². The Labute approximate surface area is 152 Å². The predicted molar refractivity (Wildman–Crippen MR) is 97.1 cm³/mol. The lowest BCUT2D eigenvalue weighted by Crippen LogP contribution is -2.39. The second-order valence-corrected chi connectivity index (χ2v) is 10.4. The van der Waals surface area contributed by atoms with Gasteiger partial charge in [-0.1, -0.05) is 6.07 Å². The molecule has 136 valence electrons. The van der Waals surface area contributed by atoms with Crippen molar-refractivity contribution in [1.29, 1.82) is 0 Å². The Morgan fingerprint density at radius 2 is 1.88 bits per heavy atom. The maximum absolute atomic E-state index is 6.45. The van der Waals surface area contributed by atoms with Crippen LogP contribution < -0.4 is 4.74 Å². The summed E-state index contributed by atoms with van der Waals surface area (Å²) >= 11 is 0. The fourth-order valence-electron chi connectivity index (χ4n) is 4.99. The van der Waals surface area contributed by atoms with E-state index in [2.05, 4.69) is 24.3 Å². The summed E-state index contributed by atoms with van der Waals surface area (Å²) in [6.07, 6.45) is 3.01. The molecule has 4 fully saturated rings. The number of ether oxygens (including phenoxy) is 4. The Morgan fingerprint density at radius 1 is 1.08 bits per heavy atom. The first-order valence-corrected chi connectivity index (χ1v) is 11.0. The van der Waals surface area contributed by atoms with E-state index < -0.39 is 5.79 Å². The maximum Gasteiger partial charge on any atom is 0.163 e. The van der Waals surface area contributed by atoms with Gasteiger partial charge in [-0.15, -0.1) is 0 Å². The first kappa shape index (κ1) is 16.4. The van der Waals surface area contributed by atoms with Gasteiger partial charge < -0.3 is 18.9 Å². The van der Waals surface area contributed by atoms with Crippen LogP contribution in [0.15, 0.2) is 29.2 Å². The third kappa shape index (κ3) is 2.99. The molecule has 2 saturated carbocycles. The molecule has 4 aliphatic rings. The van der Waals surface area contributed by atoms with Gasteiger partial charge in [-0.25, -0.2) is 0 Å². The van der Waals surface area contributed by atoms with Crippen LogP contribution in [0.1, 0.15) is 26.7 Å². The molecule has 5 rings (SSSR count). The second-order valence-electron chi connectivity index (χ2n) is 8.10. The molecule has 4 nitrogen and oxygen atoms in total. The third-order valence-corrected chi connectivity index (χ3v) is 8.25. The number of rotatable bonds is 3. The standard InChI is InChI=1S/C20H27O4S/c1-20(2)23-18-13-10-16(19(18)24-20)17(11-13)22-14-4-3-5-15(12-14)25-8-6-21-7-9-25/h3-5,12-13,16-19H,6-11H2,1-2H3/q+1. The molecular formula is C20H27O4S+. The topological polar surface area (TPSA) is 36.9 Å². The highest BCUT2D eigenvalue weighted by Gasteiger charge is 2.61. The lowest BCUT2D eigenvalue weighted by molar-refractivity contribution is -0.158. The first-order chi connectivity index (χ1) is 12.1. The smallest absolute Gasteiger partial charge is 0.163 e. The zero-order valence-corrected chi connectivity index (χ0v) is 15.8. The van der Waals surface area contributed by atoms with Crippen LogP contribution in [0, 0.1) is 11.8 Å². The van der Waals surface area contributed by atoms with Crippen molar-refractivity contribution in [3.8, 4) is 5.75 Å². The highest BCUT2D eigenvalue weighted by molar-refractivity contribution is 7.97. The Morgan fingerprint density at radius 3 is 2.72 bits per heavy atom. The number of benzene rings is 1. The molecule has 5 unspecified atom stereocenters. The molecule has 5 heteroatoms. The summed E-state index contributed by atoms with van der Waals surface area (Å²) in [7, 11) is 0.312. The Bertz CT molecular complexity index is 642. The summed E-state index contributed by atoms with van der Waals surface area (Å²) in [6, 6.07) is 8.75. The highest BCUT2D eigenvalue weighted by Crippen LogP contribution is 2.53. The van der Waals surface area contributed by atoms with E-state index in [0.717, 1.165) is 36.9 Å². The van der Waals surface area contributed by atoms with Gasteiger partial charge in [-0.05, 0) is 44.7 Å². The van der Waals surface area contributed by atoms with Gasteiger partial charge in [0, 0.05) is 22.9 Å². The minimum Gasteiger partial charge on any atom is -0.490 e. The molecular weight excluding hydrogens is 336 g/mol. The van der Waals surface area contributed by atoms with E-state index in [-0.39, 0.29) is 18.3 Å². The summed E-state index contributed by atoms with van der Waals surface area (Å²) in [4.78, 5) is 1.42. The minimum absolute atomic E-state index is 0.208. The molecule has 0 amide bonds. The molecule has 1 aromatic carbocycles. The number of hydrogen-bond acceptors (Lipinski definition) is 4. The first-order valence-electron chi connectivity index (χ1n) is 9.47. The largest absolute Gasteiger partial charge is 0.490 e. The zero-order valence-electron chi connectivity index (χ0n) is 15.0. The van der Waals surface area contributed by atoms with Crippen molar-refractivity contribution in [3.63, 3.8) is 0 Å². The van der Waals surface area contributed by atoms with Gasteiger partial charge in [0.25, 0.3) is 0 Å². The van der Waals surface area contributed by atoms with Gasteiger partial charge in [0.05, 0.1) is 25.4 Å². The van der Waals surface area contributed by atoms with E-state index >= 15 is 0 Å². The molecule has 2 heterocycles. The molecule has 1 aromatic rings. The average molecular weight is 363 g/mol. The van der Waals surface area contributed by atoms with Crippen LogP contribution in [0.25, 0.3) is 0 Å². The fourth-order valence-corrected chi connectivity index (χ4v) is 6.86. The van der Waals surface area contributed by atoms with Crippen molar-refractivity contribution in [2.45, 2.75) is 55.7 Å². The lowest BCUT2D eigenvalue weighted by atomic mass is 9.92. The molecule has 2 saturated heterocycles. The summed E-state index contributed by atoms with van der Waals surface area (Å²) in [5, 5.41) is 0. The van der Waals surface area contributed by atoms with Crippen molar-refractivity contribution in [2.24, 2.45) is 11.8 Å². The van der Waals surface area contributed by atoms with Crippen LogP contribution in [-0.4, -0.2) is 48.8 Å². The monoisotopic (exact) mass is 363 g/mol. The molecule has 0 N–H and O–H groups in total. The van der Waals surface area contributed by atoms with Crippen molar-refractivity contribution in [1.82, 2.24) is 0 Å². The van der Waals surface area contributed by atoms with Crippen LogP contribution in [0.4, 0.5) is 0 Å². The molecule has 5 atom stereocenters. The van der Waals surface area contributed by atoms with Crippen molar-refractivity contribution in [2.75, 3.05) is 24.7 Å². The second kappa shape index (κ2) is 6.15. The highest BCUT2D eigenvalue weighted by atomic mass is 32.2. The molecule has 2 aliphatic carbocycles. The third-order valence-electron chi connectivity index (χ3n) is 6.01. The van der Waals surface area contributed by atoms with Crippen molar-refractivity contribution < 1.29 is 18.9 Å². The van der Waals surface area contributed by atoms with Crippen LogP contribution in [0.3, 0.4) is 0 Å². The normalized spacial score (nSPS) is 39.5. The predicted octanol–water partition coefficient (Wildman–Crippen LogP) is 3.00. The van der Waals surface area contributed by atoms with Crippen molar-refractivity contribution in [3.05, 3.63) is 24.3 Å². The van der Waals surface area contributed by atoms with Crippen LogP contribution in [0.5, 0.6) is 5.75 Å².